The monoisotopic (exact) mass is 299 g/mol. The molecule has 3 aromatic rings. The molecule has 0 spiro atoms. The summed E-state index contributed by atoms with van der Waals surface area (Å²) in [6, 6.07) is 12.1. The molecule has 2 aromatic heterocycles. The first-order valence-corrected chi connectivity index (χ1v) is 6.83. The molecule has 0 unspecified atom stereocenters. The fourth-order valence-electron chi connectivity index (χ4n) is 1.97. The maximum Gasteiger partial charge on any atom is 0.311 e. The second-order valence-electron chi connectivity index (χ2n) is 4.53. The number of hydrogen-bond donors (Lipinski definition) is 2. The molecule has 6 heteroatoms. The molecule has 114 valence electrons. The van der Waals surface area contributed by atoms with Crippen molar-refractivity contribution < 1.29 is 15.0 Å². The second-order valence-corrected chi connectivity index (χ2v) is 4.53. The van der Waals surface area contributed by atoms with Gasteiger partial charge in [0.05, 0.1) is 12.1 Å². The third kappa shape index (κ3) is 4.39. The van der Waals surface area contributed by atoms with Crippen molar-refractivity contribution in [1.29, 1.82) is 0 Å². The smallest absolute Gasteiger partial charge is 0.311 e. The van der Waals surface area contributed by atoms with E-state index in [4.69, 9.17) is 10.2 Å². The topological polar surface area (TPSA) is 88.2 Å². The molecule has 0 amide bonds. The lowest BCUT2D eigenvalue weighted by atomic mass is 10.2. The summed E-state index contributed by atoms with van der Waals surface area (Å²) >= 11 is 0. The Bertz CT molecular complexity index is 675. The first-order valence-electron chi connectivity index (χ1n) is 6.83. The number of nitrogens with zero attached hydrogens (tertiary/aromatic N) is 3. The number of aliphatic hydroxyl groups excluding tert-OH is 1. The summed E-state index contributed by atoms with van der Waals surface area (Å²) in [4.78, 5) is 18.3. The Morgan fingerprint density at radius 3 is 2.59 bits per heavy atom. The summed E-state index contributed by atoms with van der Waals surface area (Å²) in [5.74, 6) is -0.447. The van der Waals surface area contributed by atoms with Gasteiger partial charge in [0.15, 0.2) is 0 Å². The van der Waals surface area contributed by atoms with E-state index in [2.05, 4.69) is 22.1 Å². The highest BCUT2D eigenvalue weighted by Gasteiger charge is 2.06. The molecule has 3 rings (SSSR count). The van der Waals surface area contributed by atoms with Gasteiger partial charge in [0.25, 0.3) is 0 Å². The van der Waals surface area contributed by atoms with E-state index in [-0.39, 0.29) is 13.0 Å². The van der Waals surface area contributed by atoms with Crippen LogP contribution in [-0.2, 0) is 17.8 Å². The molecule has 0 aliphatic carbocycles. The predicted molar refractivity (Wildman–Crippen MR) is 82.4 cm³/mol. The zero-order valence-corrected chi connectivity index (χ0v) is 12.0. The number of benzene rings is 1. The van der Waals surface area contributed by atoms with Crippen molar-refractivity contribution in [3.8, 4) is 0 Å². The minimum absolute atomic E-state index is 0.0109. The number of fused-ring (bicyclic) bond motifs is 1. The second kappa shape index (κ2) is 7.90. The number of aliphatic hydroxyl groups is 1. The van der Waals surface area contributed by atoms with Crippen molar-refractivity contribution in [2.24, 2.45) is 0 Å². The number of para-hydroxylation sites is 1. The summed E-state index contributed by atoms with van der Waals surface area (Å²) in [5.41, 5.74) is 1.06. The Morgan fingerprint density at radius 2 is 1.86 bits per heavy atom. The average Bonchev–Trinajstić information content (AvgIpc) is 2.95. The molecule has 0 bridgehead atoms. The number of aromatic nitrogens is 3. The molecule has 2 heterocycles. The van der Waals surface area contributed by atoms with Crippen LogP contribution in [0.1, 0.15) is 5.82 Å². The van der Waals surface area contributed by atoms with Crippen LogP contribution in [-0.4, -0.2) is 37.3 Å². The van der Waals surface area contributed by atoms with E-state index in [1.165, 1.54) is 11.6 Å². The standard InChI is InChI=1S/C9H7N.C7H10N2O3/c1-2-6-9-8(4-1)5-3-7-10-9;10-4-3-9-2-1-8-6(9)5-7(11)12/h1-7H;1-2,10H,3-5H2,(H,11,12). The van der Waals surface area contributed by atoms with Gasteiger partial charge in [0, 0.05) is 30.5 Å². The molecular formula is C16H17N3O3. The number of hydrogen-bond acceptors (Lipinski definition) is 4. The third-order valence-corrected chi connectivity index (χ3v) is 2.96. The third-order valence-electron chi connectivity index (χ3n) is 2.96. The Hall–Kier alpha value is -2.73. The predicted octanol–water partition coefficient (Wildman–Crippen LogP) is 1.74. The number of carboxylic acid groups (broad SMARTS) is 1. The van der Waals surface area contributed by atoms with Crippen molar-refractivity contribution in [3.05, 3.63) is 60.8 Å². The van der Waals surface area contributed by atoms with Gasteiger partial charge in [-0.2, -0.15) is 0 Å². The SMILES string of the molecule is O=C(O)Cc1nccn1CCO.c1ccc2ncccc2c1. The van der Waals surface area contributed by atoms with Crippen molar-refractivity contribution in [1.82, 2.24) is 14.5 Å². The quantitative estimate of drug-likeness (QED) is 0.766. The summed E-state index contributed by atoms with van der Waals surface area (Å²) < 4.78 is 1.62. The summed E-state index contributed by atoms with van der Waals surface area (Å²) in [7, 11) is 0. The lowest BCUT2D eigenvalue weighted by molar-refractivity contribution is -0.136. The van der Waals surface area contributed by atoms with E-state index in [0.29, 0.717) is 12.4 Å². The normalized spacial score (nSPS) is 10.0. The maximum absolute atomic E-state index is 10.3. The molecule has 0 fully saturated rings. The van der Waals surface area contributed by atoms with Crippen molar-refractivity contribution >= 4 is 16.9 Å². The lowest BCUT2D eigenvalue weighted by Crippen LogP contribution is -2.10. The summed E-state index contributed by atoms with van der Waals surface area (Å²) in [5, 5.41) is 18.3. The minimum atomic E-state index is -0.916. The van der Waals surface area contributed by atoms with Crippen LogP contribution in [0.3, 0.4) is 0 Å². The van der Waals surface area contributed by atoms with Crippen LogP contribution in [0.25, 0.3) is 10.9 Å². The van der Waals surface area contributed by atoms with Gasteiger partial charge in [-0.15, -0.1) is 0 Å². The highest BCUT2D eigenvalue weighted by molar-refractivity contribution is 5.77. The van der Waals surface area contributed by atoms with E-state index in [9.17, 15) is 4.79 Å². The van der Waals surface area contributed by atoms with Gasteiger partial charge in [-0.3, -0.25) is 9.78 Å². The molecule has 6 nitrogen and oxygen atoms in total. The van der Waals surface area contributed by atoms with Gasteiger partial charge in [0.1, 0.15) is 12.2 Å². The Kier molecular flexibility index (Phi) is 5.62. The number of carbonyl (C=O) groups is 1. The summed E-state index contributed by atoms with van der Waals surface area (Å²) in [6.45, 7) is 0.381. The van der Waals surface area contributed by atoms with Crippen molar-refractivity contribution in [2.45, 2.75) is 13.0 Å². The molecular weight excluding hydrogens is 282 g/mol. The van der Waals surface area contributed by atoms with E-state index < -0.39 is 5.97 Å². The van der Waals surface area contributed by atoms with E-state index in [0.717, 1.165) is 5.52 Å². The Morgan fingerprint density at radius 1 is 1.09 bits per heavy atom. The van der Waals surface area contributed by atoms with Gasteiger partial charge in [-0.25, -0.2) is 4.98 Å². The molecule has 22 heavy (non-hydrogen) atoms. The zero-order valence-electron chi connectivity index (χ0n) is 12.0. The van der Waals surface area contributed by atoms with Gasteiger partial charge in [0.2, 0.25) is 0 Å². The number of imidazole rings is 1. The van der Waals surface area contributed by atoms with Crippen LogP contribution >= 0.6 is 0 Å². The molecule has 2 N–H and O–H groups in total. The number of carboxylic acids is 1. The fraction of sp³-hybridized carbons (Fsp3) is 0.188. The van der Waals surface area contributed by atoms with Crippen LogP contribution < -0.4 is 0 Å². The fourth-order valence-corrected chi connectivity index (χ4v) is 1.97. The van der Waals surface area contributed by atoms with E-state index in [1.54, 1.807) is 10.8 Å². The first-order chi connectivity index (χ1) is 10.7. The van der Waals surface area contributed by atoms with E-state index >= 15 is 0 Å². The molecule has 0 atom stereocenters. The summed E-state index contributed by atoms with van der Waals surface area (Å²) in [6.07, 6.45) is 4.87. The highest BCUT2D eigenvalue weighted by atomic mass is 16.4. The Labute approximate surface area is 127 Å². The highest BCUT2D eigenvalue weighted by Crippen LogP contribution is 2.07. The van der Waals surface area contributed by atoms with Crippen LogP contribution in [0.2, 0.25) is 0 Å². The average molecular weight is 299 g/mol. The van der Waals surface area contributed by atoms with Gasteiger partial charge in [-0.1, -0.05) is 24.3 Å². The minimum Gasteiger partial charge on any atom is -0.481 e. The van der Waals surface area contributed by atoms with Crippen molar-refractivity contribution in [2.75, 3.05) is 6.61 Å². The van der Waals surface area contributed by atoms with Gasteiger partial charge in [-0.05, 0) is 12.1 Å². The molecule has 0 aliphatic rings. The van der Waals surface area contributed by atoms with Gasteiger partial charge < -0.3 is 14.8 Å². The largest absolute Gasteiger partial charge is 0.481 e. The molecule has 1 aromatic carbocycles. The number of pyridine rings is 1. The molecule has 0 saturated heterocycles. The van der Waals surface area contributed by atoms with Crippen LogP contribution in [0.15, 0.2) is 55.0 Å². The number of aliphatic carboxylic acids is 1. The molecule has 0 aliphatic heterocycles. The lowest BCUT2D eigenvalue weighted by Gasteiger charge is -2.02. The first kappa shape index (κ1) is 15.7. The van der Waals surface area contributed by atoms with Gasteiger partial charge >= 0.3 is 5.97 Å². The molecule has 0 saturated carbocycles. The van der Waals surface area contributed by atoms with Crippen LogP contribution in [0, 0.1) is 0 Å². The van der Waals surface area contributed by atoms with E-state index in [1.807, 2.05) is 30.5 Å². The Balaban J connectivity index is 0.000000162. The van der Waals surface area contributed by atoms with Crippen LogP contribution in [0.4, 0.5) is 0 Å². The van der Waals surface area contributed by atoms with Crippen LogP contribution in [0.5, 0.6) is 0 Å². The number of rotatable bonds is 4. The zero-order chi connectivity index (χ0) is 15.8. The maximum atomic E-state index is 10.3. The van der Waals surface area contributed by atoms with Crippen molar-refractivity contribution in [3.63, 3.8) is 0 Å². The molecule has 0 radical (unpaired) electrons.